The highest BCUT2D eigenvalue weighted by molar-refractivity contribution is 5.95. The minimum atomic E-state index is -0.975. The Bertz CT molecular complexity index is 2620. The van der Waals surface area contributed by atoms with E-state index in [0.717, 1.165) is 60.0 Å². The summed E-state index contributed by atoms with van der Waals surface area (Å²) in [5, 5.41) is 19.7. The maximum atomic E-state index is 13.0. The first-order valence-electron chi connectivity index (χ1n) is 19.0. The molecule has 8 aromatic rings. The number of carbonyl (C=O) groups excluding carboxylic acids is 1. The Morgan fingerprint density at radius 1 is 0.593 bits per heavy atom. The number of amides is 1. The van der Waals surface area contributed by atoms with Crippen LogP contribution in [0.5, 0.6) is 0 Å². The molecule has 10 rings (SSSR count). The highest BCUT2D eigenvalue weighted by Gasteiger charge is 2.25. The number of anilines is 2. The van der Waals surface area contributed by atoms with Crippen LogP contribution in [0.25, 0.3) is 45.0 Å². The number of nitrogens with zero attached hydrogens (tertiary/aromatic N) is 9. The van der Waals surface area contributed by atoms with Crippen LogP contribution in [0.15, 0.2) is 115 Å². The van der Waals surface area contributed by atoms with Gasteiger partial charge < -0.3 is 43.0 Å². The summed E-state index contributed by atoms with van der Waals surface area (Å²) < 4.78 is 21.4. The van der Waals surface area contributed by atoms with E-state index in [-0.39, 0.29) is 11.5 Å². The van der Waals surface area contributed by atoms with Gasteiger partial charge in [0.1, 0.15) is 11.0 Å². The minimum absolute atomic E-state index is 0.00992. The molecule has 300 valence electrons. The van der Waals surface area contributed by atoms with Crippen molar-refractivity contribution in [1.82, 2.24) is 40.5 Å². The average Bonchev–Trinajstić information content (AvgIpc) is 4.11. The Hall–Kier alpha value is -7.40. The van der Waals surface area contributed by atoms with Gasteiger partial charge in [-0.1, -0.05) is 58.8 Å². The molecule has 0 radical (unpaired) electrons. The molecule has 2 fully saturated rings. The van der Waals surface area contributed by atoms with Crippen molar-refractivity contribution < 1.29 is 32.6 Å². The lowest BCUT2D eigenvalue weighted by molar-refractivity contribution is 0.0695. The third kappa shape index (κ3) is 9.10. The third-order valence-corrected chi connectivity index (χ3v) is 9.58. The maximum Gasteiger partial charge on any atom is 0.335 e. The second kappa shape index (κ2) is 17.4. The van der Waals surface area contributed by atoms with Crippen LogP contribution in [0.4, 0.5) is 12.0 Å². The molecule has 4 aromatic heterocycles. The Morgan fingerprint density at radius 2 is 1.08 bits per heavy atom. The molecule has 4 aromatic carbocycles. The van der Waals surface area contributed by atoms with Crippen molar-refractivity contribution in [3.05, 3.63) is 120 Å². The molecule has 6 heterocycles. The summed E-state index contributed by atoms with van der Waals surface area (Å²) in [6.45, 7) is 9.88. The standard InChI is InChI=1S/C21H19N5O3.C11H13N3O.C10H8N2O3/c1-14-22-19(24-29-14)15-5-4-6-16(13-15)20(27)25-9-11-26(12-10-25)21-23-17-7-2-3-8-18(17)28-21;1-2-4-10-9(3-1)13-11(15-10)14-7-5-12-6-8-14;1-6-11-9(12-15-6)7-3-2-4-8(5-7)10(13)14/h2-8,13H,9-12H2,1H3;1-4,12H,5-8H2;2-5H,1H3,(H,13,14). The molecule has 0 unspecified atom stereocenters. The summed E-state index contributed by atoms with van der Waals surface area (Å²) in [7, 11) is 0. The predicted molar refractivity (Wildman–Crippen MR) is 217 cm³/mol. The average molecular weight is 797 g/mol. The van der Waals surface area contributed by atoms with E-state index in [2.05, 4.69) is 45.4 Å². The van der Waals surface area contributed by atoms with Gasteiger partial charge in [0.05, 0.1) is 5.56 Å². The van der Waals surface area contributed by atoms with Crippen LogP contribution in [0.2, 0.25) is 0 Å². The number of hydrogen-bond acceptors (Lipinski definition) is 15. The first kappa shape index (κ1) is 38.5. The normalized spacial score (nSPS) is 14.1. The van der Waals surface area contributed by atoms with Gasteiger partial charge >= 0.3 is 5.97 Å². The molecule has 1 amide bonds. The van der Waals surface area contributed by atoms with E-state index in [1.807, 2.05) is 71.6 Å². The summed E-state index contributed by atoms with van der Waals surface area (Å²) >= 11 is 0. The summed E-state index contributed by atoms with van der Waals surface area (Å²) in [4.78, 5) is 47.0. The lowest BCUT2D eigenvalue weighted by Crippen LogP contribution is -2.48. The number of para-hydroxylation sites is 4. The van der Waals surface area contributed by atoms with Crippen molar-refractivity contribution in [1.29, 1.82) is 0 Å². The number of piperazine rings is 2. The van der Waals surface area contributed by atoms with Gasteiger partial charge in [0.2, 0.25) is 23.4 Å². The molecule has 17 nitrogen and oxygen atoms in total. The van der Waals surface area contributed by atoms with Gasteiger partial charge in [-0.05, 0) is 48.5 Å². The van der Waals surface area contributed by atoms with Gasteiger partial charge in [0, 0.05) is 82.9 Å². The van der Waals surface area contributed by atoms with Gasteiger partial charge in [0.25, 0.3) is 17.9 Å². The summed E-state index contributed by atoms with van der Waals surface area (Å²) in [6, 6.07) is 30.6. The number of carboxylic acids is 1. The number of carbonyl (C=O) groups is 2. The SMILES string of the molecule is Cc1nc(-c2cccc(C(=O)N3CCN(c4nc5ccccc5o4)CC3)c2)no1.Cc1nc(-c2cccc(C(=O)O)c2)no1.c1ccc2oc(N3CCNCC3)nc2c1. The van der Waals surface area contributed by atoms with Crippen LogP contribution in [0, 0.1) is 13.8 Å². The van der Waals surface area contributed by atoms with Gasteiger partial charge in [-0.15, -0.1) is 0 Å². The van der Waals surface area contributed by atoms with E-state index in [9.17, 15) is 9.59 Å². The molecule has 0 spiro atoms. The van der Waals surface area contributed by atoms with E-state index in [4.69, 9.17) is 23.0 Å². The van der Waals surface area contributed by atoms with Crippen molar-refractivity contribution in [2.24, 2.45) is 0 Å². The monoisotopic (exact) mass is 796 g/mol. The molecule has 2 N–H and O–H groups in total. The number of carboxylic acid groups (broad SMARTS) is 1. The number of nitrogens with one attached hydrogen (secondary N) is 1. The van der Waals surface area contributed by atoms with E-state index in [0.29, 0.717) is 66.8 Å². The first-order chi connectivity index (χ1) is 28.8. The quantitative estimate of drug-likeness (QED) is 0.194. The third-order valence-electron chi connectivity index (χ3n) is 9.58. The summed E-state index contributed by atoms with van der Waals surface area (Å²) in [6.07, 6.45) is 0. The highest BCUT2D eigenvalue weighted by Crippen LogP contribution is 2.25. The van der Waals surface area contributed by atoms with Crippen LogP contribution in [-0.4, -0.2) is 104 Å². The topological polar surface area (TPSA) is 206 Å². The molecule has 0 bridgehead atoms. The second-order valence-electron chi connectivity index (χ2n) is 13.7. The molecule has 0 aliphatic carbocycles. The predicted octanol–water partition coefficient (Wildman–Crippen LogP) is 6.13. The number of benzene rings is 4. The molecule has 59 heavy (non-hydrogen) atoms. The molecule has 2 aliphatic rings. The fourth-order valence-corrected chi connectivity index (χ4v) is 6.55. The second-order valence-corrected chi connectivity index (χ2v) is 13.7. The Morgan fingerprint density at radius 3 is 1.58 bits per heavy atom. The summed E-state index contributed by atoms with van der Waals surface area (Å²) in [5.74, 6) is 0.840. The van der Waals surface area contributed by atoms with Gasteiger partial charge in [-0.25, -0.2) is 4.79 Å². The molecule has 17 heteroatoms. The zero-order chi connectivity index (χ0) is 40.7. The zero-order valence-corrected chi connectivity index (χ0v) is 32.3. The van der Waals surface area contributed by atoms with Crippen LogP contribution < -0.4 is 15.1 Å². The fraction of sp³-hybridized carbons (Fsp3) is 0.238. The van der Waals surface area contributed by atoms with Crippen molar-refractivity contribution >= 4 is 46.1 Å². The van der Waals surface area contributed by atoms with Crippen LogP contribution in [0.1, 0.15) is 32.5 Å². The number of rotatable bonds is 6. The zero-order valence-electron chi connectivity index (χ0n) is 32.3. The van der Waals surface area contributed by atoms with Crippen LogP contribution in [-0.2, 0) is 0 Å². The molecule has 0 saturated carbocycles. The number of oxazole rings is 2. The van der Waals surface area contributed by atoms with Crippen molar-refractivity contribution in [3.63, 3.8) is 0 Å². The van der Waals surface area contributed by atoms with E-state index in [1.165, 1.54) is 12.1 Å². The first-order valence-corrected chi connectivity index (χ1v) is 19.0. The highest BCUT2D eigenvalue weighted by atomic mass is 16.5. The van der Waals surface area contributed by atoms with Crippen molar-refractivity contribution in [2.75, 3.05) is 62.2 Å². The lowest BCUT2D eigenvalue weighted by Gasteiger charge is -2.33. The molecule has 2 saturated heterocycles. The van der Waals surface area contributed by atoms with E-state index in [1.54, 1.807) is 32.0 Å². The van der Waals surface area contributed by atoms with Crippen LogP contribution in [0.3, 0.4) is 0 Å². The number of aromatic nitrogens is 6. The van der Waals surface area contributed by atoms with Crippen LogP contribution >= 0.6 is 0 Å². The van der Waals surface area contributed by atoms with Gasteiger partial charge in [-0.2, -0.15) is 19.9 Å². The maximum absolute atomic E-state index is 13.0. The molecular weight excluding hydrogens is 757 g/mol. The van der Waals surface area contributed by atoms with Crippen molar-refractivity contribution in [2.45, 2.75) is 13.8 Å². The number of fused-ring (bicyclic) bond motifs is 2. The smallest absolute Gasteiger partial charge is 0.335 e. The van der Waals surface area contributed by atoms with E-state index >= 15 is 0 Å². The molecular formula is C42H40N10O7. The fourth-order valence-electron chi connectivity index (χ4n) is 6.55. The number of hydrogen-bond donors (Lipinski definition) is 2. The van der Waals surface area contributed by atoms with Gasteiger partial charge in [0.15, 0.2) is 11.2 Å². The van der Waals surface area contributed by atoms with Crippen molar-refractivity contribution in [3.8, 4) is 22.8 Å². The van der Waals surface area contributed by atoms with E-state index < -0.39 is 5.97 Å². The molecule has 2 aliphatic heterocycles. The lowest BCUT2D eigenvalue weighted by atomic mass is 10.1. The number of aromatic carboxylic acids is 1. The Kier molecular flexibility index (Phi) is 11.3. The largest absolute Gasteiger partial charge is 0.478 e. The summed E-state index contributed by atoms with van der Waals surface area (Å²) in [5.41, 5.74) is 5.63. The Balaban J connectivity index is 0.000000136. The molecule has 0 atom stereocenters. The Labute approximate surface area is 337 Å². The number of aryl methyl sites for hydroxylation is 2. The minimum Gasteiger partial charge on any atom is -0.478 e. The van der Waals surface area contributed by atoms with Gasteiger partial charge in [-0.3, -0.25) is 4.79 Å².